The van der Waals surface area contributed by atoms with Crippen LogP contribution in [0, 0.1) is 10.1 Å². The van der Waals surface area contributed by atoms with Gasteiger partial charge in [-0.2, -0.15) is 0 Å². The minimum Gasteiger partial charge on any atom is -0.258 e. The lowest BCUT2D eigenvalue weighted by Gasteiger charge is -2.09. The molecule has 3 heteroatoms. The van der Waals surface area contributed by atoms with E-state index < -0.39 is 0 Å². The van der Waals surface area contributed by atoms with Gasteiger partial charge in [0.15, 0.2) is 0 Å². The molecule has 0 amide bonds. The molecule has 0 saturated heterocycles. The van der Waals surface area contributed by atoms with E-state index in [-0.39, 0.29) is 10.6 Å². The molecule has 0 aromatic heterocycles. The molecule has 0 saturated carbocycles. The largest absolute Gasteiger partial charge is 0.269 e. The molecule has 2 aromatic carbocycles. The fourth-order valence-corrected chi connectivity index (χ4v) is 2.22. The summed E-state index contributed by atoms with van der Waals surface area (Å²) in [6.07, 6.45) is 2.70. The average molecular weight is 255 g/mol. The Balaban J connectivity index is 2.31. The number of nitro benzene ring substituents is 1. The Morgan fingerprint density at radius 2 is 1.79 bits per heavy atom. The molecular weight excluding hydrogens is 238 g/mol. The van der Waals surface area contributed by atoms with Gasteiger partial charge >= 0.3 is 0 Å². The van der Waals surface area contributed by atoms with Crippen molar-refractivity contribution in [3.8, 4) is 0 Å². The highest BCUT2D eigenvalue weighted by atomic mass is 16.6. The first-order valence-electron chi connectivity index (χ1n) is 6.51. The molecule has 0 aliphatic heterocycles. The number of hydrogen-bond donors (Lipinski definition) is 0. The predicted molar refractivity (Wildman–Crippen MR) is 76.3 cm³/mol. The number of nitro groups is 1. The Morgan fingerprint density at radius 3 is 2.42 bits per heavy atom. The SMILES string of the molecule is CCCc1cc([N+](=O)[O-])ccc1Cc1ccccc1. The van der Waals surface area contributed by atoms with E-state index in [0.717, 1.165) is 24.8 Å². The number of aryl methyl sites for hydroxylation is 1. The molecule has 0 spiro atoms. The van der Waals surface area contributed by atoms with Gasteiger partial charge in [-0.05, 0) is 29.5 Å². The molecule has 0 aliphatic carbocycles. The van der Waals surface area contributed by atoms with E-state index in [1.165, 1.54) is 11.1 Å². The van der Waals surface area contributed by atoms with E-state index in [9.17, 15) is 10.1 Å². The van der Waals surface area contributed by atoms with Crippen molar-refractivity contribution in [2.45, 2.75) is 26.2 Å². The van der Waals surface area contributed by atoms with Crippen molar-refractivity contribution in [1.82, 2.24) is 0 Å². The van der Waals surface area contributed by atoms with Crippen molar-refractivity contribution in [1.29, 1.82) is 0 Å². The van der Waals surface area contributed by atoms with Crippen LogP contribution in [0.3, 0.4) is 0 Å². The van der Waals surface area contributed by atoms with Crippen LogP contribution in [0.2, 0.25) is 0 Å². The van der Waals surface area contributed by atoms with Crippen LogP contribution in [-0.2, 0) is 12.8 Å². The van der Waals surface area contributed by atoms with Gasteiger partial charge < -0.3 is 0 Å². The number of non-ortho nitro benzene ring substituents is 1. The number of hydrogen-bond acceptors (Lipinski definition) is 2. The zero-order valence-electron chi connectivity index (χ0n) is 11.0. The summed E-state index contributed by atoms with van der Waals surface area (Å²) >= 11 is 0. The molecule has 3 nitrogen and oxygen atoms in total. The van der Waals surface area contributed by atoms with Gasteiger partial charge in [0.2, 0.25) is 0 Å². The van der Waals surface area contributed by atoms with Crippen molar-refractivity contribution < 1.29 is 4.92 Å². The van der Waals surface area contributed by atoms with E-state index in [1.807, 2.05) is 24.3 Å². The Hall–Kier alpha value is -2.16. The summed E-state index contributed by atoms with van der Waals surface area (Å²) in [7, 11) is 0. The number of benzene rings is 2. The molecule has 0 bridgehead atoms. The highest BCUT2D eigenvalue weighted by molar-refractivity contribution is 5.42. The maximum Gasteiger partial charge on any atom is 0.269 e. The monoisotopic (exact) mass is 255 g/mol. The van der Waals surface area contributed by atoms with Crippen molar-refractivity contribution in [3.63, 3.8) is 0 Å². The summed E-state index contributed by atoms with van der Waals surface area (Å²) in [6.45, 7) is 2.09. The van der Waals surface area contributed by atoms with Crippen molar-refractivity contribution in [3.05, 3.63) is 75.3 Å². The van der Waals surface area contributed by atoms with Crippen molar-refractivity contribution in [2.24, 2.45) is 0 Å². The summed E-state index contributed by atoms with van der Waals surface area (Å²) < 4.78 is 0. The third kappa shape index (κ3) is 3.41. The van der Waals surface area contributed by atoms with Crippen LogP contribution in [0.25, 0.3) is 0 Å². The number of rotatable bonds is 5. The lowest BCUT2D eigenvalue weighted by Crippen LogP contribution is -1.98. The van der Waals surface area contributed by atoms with E-state index in [0.29, 0.717) is 0 Å². The van der Waals surface area contributed by atoms with Gasteiger partial charge in [-0.25, -0.2) is 0 Å². The second-order valence-electron chi connectivity index (χ2n) is 4.62. The van der Waals surface area contributed by atoms with Gasteiger partial charge in [-0.15, -0.1) is 0 Å². The van der Waals surface area contributed by atoms with Gasteiger partial charge in [-0.3, -0.25) is 10.1 Å². The molecule has 0 aliphatic rings. The van der Waals surface area contributed by atoms with Crippen LogP contribution in [0.1, 0.15) is 30.0 Å². The van der Waals surface area contributed by atoms with Crippen LogP contribution in [0.15, 0.2) is 48.5 Å². The molecule has 0 unspecified atom stereocenters. The summed E-state index contributed by atoms with van der Waals surface area (Å²) in [5, 5.41) is 10.8. The molecule has 98 valence electrons. The van der Waals surface area contributed by atoms with Crippen LogP contribution in [0.5, 0.6) is 0 Å². The van der Waals surface area contributed by atoms with Gasteiger partial charge in [0.05, 0.1) is 4.92 Å². The Labute approximate surface area is 113 Å². The maximum atomic E-state index is 10.8. The zero-order valence-corrected chi connectivity index (χ0v) is 11.0. The molecule has 0 fully saturated rings. The summed E-state index contributed by atoms with van der Waals surface area (Å²) in [4.78, 5) is 10.5. The van der Waals surface area contributed by atoms with Crippen molar-refractivity contribution in [2.75, 3.05) is 0 Å². The third-order valence-corrected chi connectivity index (χ3v) is 3.16. The molecule has 19 heavy (non-hydrogen) atoms. The van der Waals surface area contributed by atoms with E-state index in [1.54, 1.807) is 12.1 Å². The van der Waals surface area contributed by atoms with Crippen LogP contribution < -0.4 is 0 Å². The predicted octanol–water partition coefficient (Wildman–Crippen LogP) is 4.14. The molecule has 0 heterocycles. The number of nitrogens with zero attached hydrogens (tertiary/aromatic N) is 1. The van der Waals surface area contributed by atoms with Gasteiger partial charge in [0, 0.05) is 12.1 Å². The third-order valence-electron chi connectivity index (χ3n) is 3.16. The summed E-state index contributed by atoms with van der Waals surface area (Å²) in [5.74, 6) is 0. The second-order valence-corrected chi connectivity index (χ2v) is 4.62. The normalized spacial score (nSPS) is 10.4. The smallest absolute Gasteiger partial charge is 0.258 e. The lowest BCUT2D eigenvalue weighted by molar-refractivity contribution is -0.384. The van der Waals surface area contributed by atoms with Gasteiger partial charge in [0.1, 0.15) is 0 Å². The first kappa shape index (κ1) is 13.3. The summed E-state index contributed by atoms with van der Waals surface area (Å²) in [5.41, 5.74) is 3.67. The van der Waals surface area contributed by atoms with Crippen LogP contribution in [-0.4, -0.2) is 4.92 Å². The first-order valence-corrected chi connectivity index (χ1v) is 6.51. The Morgan fingerprint density at radius 1 is 1.05 bits per heavy atom. The minimum atomic E-state index is -0.328. The molecule has 0 radical (unpaired) electrons. The fraction of sp³-hybridized carbons (Fsp3) is 0.250. The van der Waals surface area contributed by atoms with Crippen LogP contribution in [0.4, 0.5) is 5.69 Å². The molecule has 0 atom stereocenters. The fourth-order valence-electron chi connectivity index (χ4n) is 2.22. The molecule has 2 aromatic rings. The minimum absolute atomic E-state index is 0.181. The first-order chi connectivity index (χ1) is 9.20. The van der Waals surface area contributed by atoms with Crippen LogP contribution >= 0.6 is 0 Å². The molecular formula is C16H17NO2. The Kier molecular flexibility index (Phi) is 4.29. The van der Waals surface area contributed by atoms with Gasteiger partial charge in [-0.1, -0.05) is 49.7 Å². The second kappa shape index (κ2) is 6.14. The maximum absolute atomic E-state index is 10.8. The molecule has 2 rings (SSSR count). The lowest BCUT2D eigenvalue weighted by atomic mass is 9.96. The zero-order chi connectivity index (χ0) is 13.7. The Bertz CT molecular complexity index is 564. The van der Waals surface area contributed by atoms with E-state index in [4.69, 9.17) is 0 Å². The van der Waals surface area contributed by atoms with Crippen molar-refractivity contribution >= 4 is 5.69 Å². The van der Waals surface area contributed by atoms with E-state index in [2.05, 4.69) is 19.1 Å². The van der Waals surface area contributed by atoms with Gasteiger partial charge in [0.25, 0.3) is 5.69 Å². The summed E-state index contributed by atoms with van der Waals surface area (Å²) in [6, 6.07) is 15.4. The topological polar surface area (TPSA) is 43.1 Å². The standard InChI is InChI=1S/C16H17NO2/c1-2-6-14-12-16(17(18)19)10-9-15(14)11-13-7-4-3-5-8-13/h3-5,7-10,12H,2,6,11H2,1H3. The highest BCUT2D eigenvalue weighted by Crippen LogP contribution is 2.21. The quantitative estimate of drug-likeness (QED) is 0.595. The average Bonchev–Trinajstić information content (AvgIpc) is 2.42. The molecule has 0 N–H and O–H groups in total. The highest BCUT2D eigenvalue weighted by Gasteiger charge is 2.10. The van der Waals surface area contributed by atoms with E-state index >= 15 is 0 Å².